The minimum Gasteiger partial charge on any atom is -0.384 e. The summed E-state index contributed by atoms with van der Waals surface area (Å²) in [6, 6.07) is 8.62. The van der Waals surface area contributed by atoms with E-state index in [1.807, 2.05) is 0 Å². The van der Waals surface area contributed by atoms with Gasteiger partial charge >= 0.3 is 0 Å². The van der Waals surface area contributed by atoms with E-state index in [0.717, 1.165) is 19.3 Å². The quantitative estimate of drug-likeness (QED) is 0.885. The maximum atomic E-state index is 14.0. The molecular weight excluding hydrogens is 241 g/mol. The Morgan fingerprint density at radius 2 is 2.16 bits per heavy atom. The molecule has 2 saturated carbocycles. The molecule has 0 aliphatic heterocycles. The topological polar surface area (TPSA) is 44.0 Å². The maximum Gasteiger partial charge on any atom is 0.129 e. The highest BCUT2D eigenvalue weighted by atomic mass is 19.1. The predicted molar refractivity (Wildman–Crippen MR) is 69.5 cm³/mol. The van der Waals surface area contributed by atoms with Crippen LogP contribution in [-0.2, 0) is 5.60 Å². The molecule has 0 heterocycles. The Labute approximate surface area is 112 Å². The van der Waals surface area contributed by atoms with E-state index in [1.54, 1.807) is 25.1 Å². The molecule has 2 fully saturated rings. The second kappa shape index (κ2) is 4.05. The van der Waals surface area contributed by atoms with Gasteiger partial charge in [-0.05, 0) is 44.1 Å². The second-order valence-corrected chi connectivity index (χ2v) is 6.22. The number of benzene rings is 1. The summed E-state index contributed by atoms with van der Waals surface area (Å²) in [7, 11) is 0. The van der Waals surface area contributed by atoms with Gasteiger partial charge in [-0.25, -0.2) is 4.39 Å². The lowest BCUT2D eigenvalue weighted by Gasteiger charge is -2.43. The van der Waals surface area contributed by atoms with Gasteiger partial charge in [0.25, 0.3) is 0 Å². The van der Waals surface area contributed by atoms with E-state index in [9.17, 15) is 14.8 Å². The lowest BCUT2D eigenvalue weighted by Crippen LogP contribution is -2.46. The Morgan fingerprint density at radius 1 is 1.42 bits per heavy atom. The molecule has 0 amide bonds. The van der Waals surface area contributed by atoms with Crippen molar-refractivity contribution in [2.24, 2.45) is 17.3 Å². The monoisotopic (exact) mass is 259 g/mol. The molecule has 1 aromatic carbocycles. The fraction of sp³-hybridized carbons (Fsp3) is 0.562. The zero-order valence-corrected chi connectivity index (χ0v) is 11.1. The van der Waals surface area contributed by atoms with Crippen molar-refractivity contribution in [1.29, 1.82) is 5.26 Å². The highest BCUT2D eigenvalue weighted by Gasteiger charge is 2.61. The van der Waals surface area contributed by atoms with Crippen LogP contribution in [-0.4, -0.2) is 5.11 Å². The highest BCUT2D eigenvalue weighted by molar-refractivity contribution is 5.32. The predicted octanol–water partition coefficient (Wildman–Crippen LogP) is 3.36. The van der Waals surface area contributed by atoms with Gasteiger partial charge in [-0.1, -0.05) is 24.6 Å². The van der Waals surface area contributed by atoms with Crippen molar-refractivity contribution in [2.75, 3.05) is 0 Å². The van der Waals surface area contributed by atoms with Gasteiger partial charge in [0.15, 0.2) is 0 Å². The summed E-state index contributed by atoms with van der Waals surface area (Å²) in [6.45, 7) is 1.61. The third-order valence-electron chi connectivity index (χ3n) is 5.32. The van der Waals surface area contributed by atoms with Crippen molar-refractivity contribution >= 4 is 0 Å². The van der Waals surface area contributed by atoms with Gasteiger partial charge in [0.05, 0.1) is 11.5 Å². The molecule has 0 aromatic heterocycles. The van der Waals surface area contributed by atoms with Crippen molar-refractivity contribution in [3.63, 3.8) is 0 Å². The van der Waals surface area contributed by atoms with E-state index in [0.29, 0.717) is 12.3 Å². The van der Waals surface area contributed by atoms with Crippen LogP contribution < -0.4 is 0 Å². The van der Waals surface area contributed by atoms with Crippen molar-refractivity contribution < 1.29 is 9.50 Å². The molecule has 1 aromatic rings. The number of nitriles is 1. The standard InChI is InChI=1S/C16H18FNO/c1-15(19,13-4-2-3-5-14(13)17)16(10-18)9-11-6-7-12(16)8-11/h2-5,11-12,19H,6-9H2,1H3. The lowest BCUT2D eigenvalue weighted by atomic mass is 9.61. The number of nitrogens with zero attached hydrogens (tertiary/aromatic N) is 1. The van der Waals surface area contributed by atoms with Crippen LogP contribution in [0.3, 0.4) is 0 Å². The zero-order chi connectivity index (χ0) is 13.7. The van der Waals surface area contributed by atoms with Gasteiger partial charge in [0.1, 0.15) is 11.4 Å². The number of hydrogen-bond donors (Lipinski definition) is 1. The van der Waals surface area contributed by atoms with Gasteiger partial charge in [-0.2, -0.15) is 5.26 Å². The number of fused-ring (bicyclic) bond motifs is 2. The second-order valence-electron chi connectivity index (χ2n) is 6.22. The molecule has 0 saturated heterocycles. The molecule has 1 N–H and O–H groups in total. The van der Waals surface area contributed by atoms with E-state index >= 15 is 0 Å². The Balaban J connectivity index is 2.09. The van der Waals surface area contributed by atoms with Crippen LogP contribution in [0.25, 0.3) is 0 Å². The van der Waals surface area contributed by atoms with E-state index in [2.05, 4.69) is 6.07 Å². The SMILES string of the molecule is CC(O)(c1ccccc1F)C1(C#N)CC2CCC1C2. The molecule has 4 unspecified atom stereocenters. The van der Waals surface area contributed by atoms with Gasteiger partial charge in [-0.3, -0.25) is 0 Å². The fourth-order valence-corrected chi connectivity index (χ4v) is 4.27. The van der Waals surface area contributed by atoms with E-state index in [4.69, 9.17) is 0 Å². The molecule has 2 aliphatic rings. The number of hydrogen-bond acceptors (Lipinski definition) is 2. The summed E-state index contributed by atoms with van der Waals surface area (Å²) < 4.78 is 14.0. The first kappa shape index (κ1) is 12.6. The van der Waals surface area contributed by atoms with E-state index in [-0.39, 0.29) is 11.5 Å². The lowest BCUT2D eigenvalue weighted by molar-refractivity contribution is -0.0757. The number of halogens is 1. The largest absolute Gasteiger partial charge is 0.384 e. The Hall–Kier alpha value is -1.40. The Kier molecular flexibility index (Phi) is 2.69. The number of aliphatic hydroxyl groups is 1. The van der Waals surface area contributed by atoms with Crippen molar-refractivity contribution in [3.05, 3.63) is 35.6 Å². The van der Waals surface area contributed by atoms with Crippen LogP contribution >= 0.6 is 0 Å². The van der Waals surface area contributed by atoms with Crippen LogP contribution in [0.15, 0.2) is 24.3 Å². The summed E-state index contributed by atoms with van der Waals surface area (Å²) in [6.07, 6.45) is 3.80. The van der Waals surface area contributed by atoms with Crippen molar-refractivity contribution in [2.45, 2.75) is 38.2 Å². The summed E-state index contributed by atoms with van der Waals surface area (Å²) in [5, 5.41) is 20.7. The summed E-state index contributed by atoms with van der Waals surface area (Å²) >= 11 is 0. The molecule has 0 spiro atoms. The molecule has 19 heavy (non-hydrogen) atoms. The van der Waals surface area contributed by atoms with Crippen LogP contribution in [0.4, 0.5) is 4.39 Å². The Bertz CT molecular complexity index is 548. The smallest absolute Gasteiger partial charge is 0.129 e. The Morgan fingerprint density at radius 3 is 2.68 bits per heavy atom. The summed E-state index contributed by atoms with van der Waals surface area (Å²) in [4.78, 5) is 0. The van der Waals surface area contributed by atoms with Gasteiger partial charge in [0.2, 0.25) is 0 Å². The summed E-state index contributed by atoms with van der Waals surface area (Å²) in [5.41, 5.74) is -2.01. The third-order valence-corrected chi connectivity index (χ3v) is 5.32. The first-order valence-electron chi connectivity index (χ1n) is 6.90. The average Bonchev–Trinajstić information content (AvgIpc) is 2.99. The highest BCUT2D eigenvalue weighted by Crippen LogP contribution is 2.62. The van der Waals surface area contributed by atoms with Gasteiger partial charge in [0, 0.05) is 5.56 Å². The molecule has 0 radical (unpaired) electrons. The maximum absolute atomic E-state index is 14.0. The van der Waals surface area contributed by atoms with Crippen LogP contribution in [0.1, 0.15) is 38.2 Å². The average molecular weight is 259 g/mol. The first-order valence-corrected chi connectivity index (χ1v) is 6.90. The fourth-order valence-electron chi connectivity index (χ4n) is 4.27. The molecule has 3 heteroatoms. The molecular formula is C16H18FNO. The van der Waals surface area contributed by atoms with Gasteiger partial charge < -0.3 is 5.11 Å². The summed E-state index contributed by atoms with van der Waals surface area (Å²) in [5.74, 6) is 0.282. The van der Waals surface area contributed by atoms with Crippen LogP contribution in [0, 0.1) is 34.4 Å². The van der Waals surface area contributed by atoms with E-state index < -0.39 is 16.8 Å². The minimum absolute atomic E-state index is 0.192. The van der Waals surface area contributed by atoms with Gasteiger partial charge in [-0.15, -0.1) is 0 Å². The minimum atomic E-state index is -1.42. The zero-order valence-electron chi connectivity index (χ0n) is 11.1. The molecule has 2 bridgehead atoms. The van der Waals surface area contributed by atoms with Crippen molar-refractivity contribution in [3.8, 4) is 6.07 Å². The first-order chi connectivity index (χ1) is 9.01. The van der Waals surface area contributed by atoms with Crippen LogP contribution in [0.5, 0.6) is 0 Å². The van der Waals surface area contributed by atoms with Crippen molar-refractivity contribution in [1.82, 2.24) is 0 Å². The third kappa shape index (κ3) is 1.56. The van der Waals surface area contributed by atoms with E-state index in [1.165, 1.54) is 6.07 Å². The number of rotatable bonds is 2. The molecule has 100 valence electrons. The normalized spacial score (nSPS) is 35.9. The molecule has 4 atom stereocenters. The molecule has 3 rings (SSSR count). The molecule has 2 aliphatic carbocycles. The molecule has 2 nitrogen and oxygen atoms in total. The van der Waals surface area contributed by atoms with Crippen LogP contribution in [0.2, 0.25) is 0 Å².